The van der Waals surface area contributed by atoms with Crippen LogP contribution in [0, 0.1) is 0 Å². The molecule has 0 bridgehead atoms. The van der Waals surface area contributed by atoms with Gasteiger partial charge in [-0.2, -0.15) is 4.72 Å². The van der Waals surface area contributed by atoms with Crippen LogP contribution >= 0.6 is 0 Å². The van der Waals surface area contributed by atoms with Crippen LogP contribution in [0.3, 0.4) is 0 Å². The van der Waals surface area contributed by atoms with E-state index in [1.807, 2.05) is 30.3 Å². The van der Waals surface area contributed by atoms with Gasteiger partial charge in [0.1, 0.15) is 24.1 Å². The first-order valence-corrected chi connectivity index (χ1v) is 12.3. The zero-order chi connectivity index (χ0) is 25.3. The molecule has 0 aromatic heterocycles. The highest BCUT2D eigenvalue weighted by Crippen LogP contribution is 2.19. The lowest BCUT2D eigenvalue weighted by molar-refractivity contribution is -0.119. The monoisotopic (exact) mass is 497 g/mol. The molecule has 1 atom stereocenters. The van der Waals surface area contributed by atoms with Crippen molar-refractivity contribution in [2.24, 2.45) is 5.73 Å². The molecule has 3 aromatic rings. The van der Waals surface area contributed by atoms with Gasteiger partial charge in [0, 0.05) is 12.1 Å². The molecule has 10 heteroatoms. The summed E-state index contributed by atoms with van der Waals surface area (Å²) in [6, 6.07) is 20.8. The van der Waals surface area contributed by atoms with E-state index in [2.05, 4.69) is 10.0 Å². The number of amides is 2. The molecule has 0 heterocycles. The number of primary amides is 1. The number of anilines is 1. The Bertz CT molecular complexity index is 1230. The molecule has 0 saturated heterocycles. The van der Waals surface area contributed by atoms with Gasteiger partial charge in [-0.25, -0.2) is 8.42 Å². The third-order valence-electron chi connectivity index (χ3n) is 5.03. The van der Waals surface area contributed by atoms with Crippen LogP contribution in [0.1, 0.15) is 18.4 Å². The molecule has 3 aromatic carbocycles. The maximum absolute atomic E-state index is 12.9. The number of sulfonamides is 1. The number of methoxy groups -OCH3 is 1. The van der Waals surface area contributed by atoms with E-state index in [1.54, 1.807) is 24.3 Å². The maximum Gasteiger partial charge on any atom is 0.242 e. The van der Waals surface area contributed by atoms with Crippen molar-refractivity contribution in [3.8, 4) is 11.5 Å². The Hall–Kier alpha value is -3.89. The minimum atomic E-state index is -4.05. The number of nitrogens with two attached hydrogens (primary N) is 1. The fraction of sp³-hybridized carbons (Fsp3) is 0.200. The summed E-state index contributed by atoms with van der Waals surface area (Å²) in [6.45, 7) is 0.398. The van der Waals surface area contributed by atoms with Crippen LogP contribution < -0.4 is 25.2 Å². The van der Waals surface area contributed by atoms with Crippen LogP contribution in [0.25, 0.3) is 0 Å². The first kappa shape index (κ1) is 25.7. The van der Waals surface area contributed by atoms with E-state index in [4.69, 9.17) is 15.2 Å². The second kappa shape index (κ2) is 12.0. The second-order valence-electron chi connectivity index (χ2n) is 7.64. The predicted octanol–water partition coefficient (Wildman–Crippen LogP) is 2.83. The molecule has 184 valence electrons. The molecule has 2 amide bonds. The largest absolute Gasteiger partial charge is 0.497 e. The van der Waals surface area contributed by atoms with Gasteiger partial charge in [0.2, 0.25) is 21.8 Å². The Balaban J connectivity index is 1.66. The smallest absolute Gasteiger partial charge is 0.242 e. The highest BCUT2D eigenvalue weighted by molar-refractivity contribution is 7.89. The van der Waals surface area contributed by atoms with Crippen molar-refractivity contribution < 1.29 is 27.5 Å². The summed E-state index contributed by atoms with van der Waals surface area (Å²) in [6.07, 6.45) is -0.274. The summed E-state index contributed by atoms with van der Waals surface area (Å²) in [7, 11) is -2.58. The third kappa shape index (κ3) is 7.83. The summed E-state index contributed by atoms with van der Waals surface area (Å²) < 4.78 is 38.8. The van der Waals surface area contributed by atoms with E-state index in [0.717, 1.165) is 5.56 Å². The summed E-state index contributed by atoms with van der Waals surface area (Å²) in [5.41, 5.74) is 6.67. The molecule has 0 unspecified atom stereocenters. The molecule has 3 rings (SSSR count). The van der Waals surface area contributed by atoms with Gasteiger partial charge in [0.25, 0.3) is 0 Å². The van der Waals surface area contributed by atoms with E-state index in [0.29, 0.717) is 23.8 Å². The standard InChI is InChI=1S/C25H27N3O6S/c1-33-20-11-13-22(14-12-20)35(31,32)28-23(15-16-24(26)29)25(30)27-19-7-9-21(10-8-19)34-17-18-5-3-2-4-6-18/h2-14,23,28H,15-17H2,1H3,(H2,26,29)(H,27,30)/t23-/m1/s1. The normalized spacial score (nSPS) is 11.9. The average Bonchev–Trinajstić information content (AvgIpc) is 2.86. The molecule has 0 aliphatic heterocycles. The van der Waals surface area contributed by atoms with Gasteiger partial charge < -0.3 is 20.5 Å². The Kier molecular flexibility index (Phi) is 8.82. The van der Waals surface area contributed by atoms with Crippen LogP contribution in [0.5, 0.6) is 11.5 Å². The average molecular weight is 498 g/mol. The predicted molar refractivity (Wildman–Crippen MR) is 131 cm³/mol. The van der Waals surface area contributed by atoms with E-state index in [9.17, 15) is 18.0 Å². The van der Waals surface area contributed by atoms with Crippen molar-refractivity contribution in [3.05, 3.63) is 84.4 Å². The van der Waals surface area contributed by atoms with E-state index >= 15 is 0 Å². The quantitative estimate of drug-likeness (QED) is 0.352. The van der Waals surface area contributed by atoms with Gasteiger partial charge in [-0.1, -0.05) is 30.3 Å². The molecule has 0 fully saturated rings. The SMILES string of the molecule is COc1ccc(S(=O)(=O)N[C@H](CCC(N)=O)C(=O)Nc2ccc(OCc3ccccc3)cc2)cc1. The number of ether oxygens (including phenoxy) is 2. The van der Waals surface area contributed by atoms with Crippen molar-refractivity contribution in [2.45, 2.75) is 30.4 Å². The third-order valence-corrected chi connectivity index (χ3v) is 6.52. The Morgan fingerprint density at radius 3 is 2.14 bits per heavy atom. The van der Waals surface area contributed by atoms with Crippen LogP contribution in [0.2, 0.25) is 0 Å². The van der Waals surface area contributed by atoms with E-state index in [-0.39, 0.29) is 17.7 Å². The maximum atomic E-state index is 12.9. The topological polar surface area (TPSA) is 137 Å². The summed E-state index contributed by atoms with van der Waals surface area (Å²) in [5.74, 6) is -0.173. The molecule has 9 nitrogen and oxygen atoms in total. The van der Waals surface area contributed by atoms with Crippen molar-refractivity contribution in [1.29, 1.82) is 0 Å². The number of hydrogen-bond donors (Lipinski definition) is 3. The van der Waals surface area contributed by atoms with Gasteiger partial charge in [0.05, 0.1) is 12.0 Å². The van der Waals surface area contributed by atoms with Gasteiger partial charge >= 0.3 is 0 Å². The van der Waals surface area contributed by atoms with Crippen molar-refractivity contribution in [2.75, 3.05) is 12.4 Å². The molecule has 0 saturated carbocycles. The lowest BCUT2D eigenvalue weighted by atomic mass is 10.1. The lowest BCUT2D eigenvalue weighted by Crippen LogP contribution is -2.44. The van der Waals surface area contributed by atoms with Gasteiger partial charge in [-0.05, 0) is 60.5 Å². The first-order valence-electron chi connectivity index (χ1n) is 10.8. The molecule has 0 aliphatic rings. The minimum Gasteiger partial charge on any atom is -0.497 e. The molecular formula is C25H27N3O6S. The Morgan fingerprint density at radius 1 is 0.914 bits per heavy atom. The zero-order valence-electron chi connectivity index (χ0n) is 19.1. The number of hydrogen-bond acceptors (Lipinski definition) is 6. The van der Waals surface area contributed by atoms with E-state index in [1.165, 1.54) is 31.4 Å². The molecular weight excluding hydrogens is 470 g/mol. The minimum absolute atomic E-state index is 0.0462. The van der Waals surface area contributed by atoms with Crippen LogP contribution in [-0.2, 0) is 26.2 Å². The highest BCUT2D eigenvalue weighted by Gasteiger charge is 2.26. The Morgan fingerprint density at radius 2 is 1.54 bits per heavy atom. The number of carbonyl (C=O) groups excluding carboxylic acids is 2. The molecule has 0 radical (unpaired) electrons. The molecule has 0 spiro atoms. The summed E-state index contributed by atoms with van der Waals surface area (Å²) in [4.78, 5) is 24.1. The number of benzene rings is 3. The lowest BCUT2D eigenvalue weighted by Gasteiger charge is -2.18. The number of rotatable bonds is 12. The molecule has 4 N–H and O–H groups in total. The van der Waals surface area contributed by atoms with Gasteiger partial charge in [-0.3, -0.25) is 9.59 Å². The fourth-order valence-electron chi connectivity index (χ4n) is 3.15. The van der Waals surface area contributed by atoms with Gasteiger partial charge in [-0.15, -0.1) is 0 Å². The molecule has 0 aliphatic carbocycles. The first-order chi connectivity index (χ1) is 16.8. The van der Waals surface area contributed by atoms with Gasteiger partial charge in [0.15, 0.2) is 0 Å². The highest BCUT2D eigenvalue weighted by atomic mass is 32.2. The summed E-state index contributed by atoms with van der Waals surface area (Å²) in [5, 5.41) is 2.67. The van der Waals surface area contributed by atoms with Crippen molar-refractivity contribution >= 4 is 27.5 Å². The number of carbonyl (C=O) groups is 2. The van der Waals surface area contributed by atoms with Crippen molar-refractivity contribution in [1.82, 2.24) is 4.72 Å². The van der Waals surface area contributed by atoms with Crippen LogP contribution in [-0.4, -0.2) is 33.4 Å². The zero-order valence-corrected chi connectivity index (χ0v) is 20.0. The van der Waals surface area contributed by atoms with E-state index < -0.39 is 27.9 Å². The van der Waals surface area contributed by atoms with Crippen LogP contribution in [0.4, 0.5) is 5.69 Å². The summed E-state index contributed by atoms with van der Waals surface area (Å²) >= 11 is 0. The molecule has 35 heavy (non-hydrogen) atoms. The van der Waals surface area contributed by atoms with Crippen molar-refractivity contribution in [3.63, 3.8) is 0 Å². The van der Waals surface area contributed by atoms with Crippen LogP contribution in [0.15, 0.2) is 83.8 Å². The second-order valence-corrected chi connectivity index (χ2v) is 9.36. The number of nitrogens with one attached hydrogen (secondary N) is 2. The fourth-order valence-corrected chi connectivity index (χ4v) is 4.38. The Labute approximate surface area is 204 Å².